The Morgan fingerprint density at radius 1 is 1.44 bits per heavy atom. The molecule has 0 spiro atoms. The van der Waals surface area contributed by atoms with Gasteiger partial charge < -0.3 is 15.4 Å². The molecule has 0 radical (unpaired) electrons. The van der Waals surface area contributed by atoms with E-state index in [4.69, 9.17) is 10.5 Å². The first kappa shape index (κ1) is 12.5. The molecule has 1 amide bonds. The van der Waals surface area contributed by atoms with Crippen molar-refractivity contribution in [1.82, 2.24) is 0 Å². The molecule has 0 aliphatic rings. The maximum absolute atomic E-state index is 11.8. The maximum atomic E-state index is 11.8. The second-order valence-electron chi connectivity index (χ2n) is 3.54. The summed E-state index contributed by atoms with van der Waals surface area (Å²) in [5.74, 6) is -0.0674. The van der Waals surface area contributed by atoms with E-state index in [1.165, 1.54) is 7.11 Å². The molecule has 4 heteroatoms. The van der Waals surface area contributed by atoms with Crippen LogP contribution >= 0.6 is 0 Å². The summed E-state index contributed by atoms with van der Waals surface area (Å²) in [6, 6.07) is 7.36. The van der Waals surface area contributed by atoms with Crippen LogP contribution < -0.4 is 10.6 Å². The molecule has 0 unspecified atom stereocenters. The Morgan fingerprint density at radius 2 is 2.12 bits per heavy atom. The van der Waals surface area contributed by atoms with Crippen LogP contribution in [0, 0.1) is 0 Å². The molecule has 0 aliphatic carbocycles. The zero-order valence-corrected chi connectivity index (χ0v) is 9.77. The SMILES string of the molecule is CCCN(C(=O)COC)c1ccccc1N. The van der Waals surface area contributed by atoms with Gasteiger partial charge in [-0.05, 0) is 18.6 Å². The second kappa shape index (κ2) is 6.12. The molecule has 0 saturated heterocycles. The molecular weight excluding hydrogens is 204 g/mol. The van der Waals surface area contributed by atoms with Gasteiger partial charge in [0, 0.05) is 13.7 Å². The fourth-order valence-electron chi connectivity index (χ4n) is 1.54. The topological polar surface area (TPSA) is 55.6 Å². The van der Waals surface area contributed by atoms with Gasteiger partial charge in [-0.1, -0.05) is 19.1 Å². The molecule has 4 nitrogen and oxygen atoms in total. The van der Waals surface area contributed by atoms with Gasteiger partial charge in [0.2, 0.25) is 0 Å². The fraction of sp³-hybridized carbons (Fsp3) is 0.417. The fourth-order valence-corrected chi connectivity index (χ4v) is 1.54. The first-order valence-electron chi connectivity index (χ1n) is 5.34. The van der Waals surface area contributed by atoms with Gasteiger partial charge in [0.25, 0.3) is 5.91 Å². The molecule has 1 aromatic rings. The number of benzene rings is 1. The molecule has 1 rings (SSSR count). The molecule has 16 heavy (non-hydrogen) atoms. The first-order valence-corrected chi connectivity index (χ1v) is 5.34. The third-order valence-corrected chi connectivity index (χ3v) is 2.24. The number of nitrogen functional groups attached to an aromatic ring is 1. The van der Waals surface area contributed by atoms with Crippen LogP contribution in [0.15, 0.2) is 24.3 Å². The summed E-state index contributed by atoms with van der Waals surface area (Å²) in [6.45, 7) is 2.75. The molecule has 2 N–H and O–H groups in total. The Hall–Kier alpha value is -1.55. The van der Waals surface area contributed by atoms with Crippen molar-refractivity contribution in [2.75, 3.05) is 30.9 Å². The Labute approximate surface area is 96.0 Å². The summed E-state index contributed by atoms with van der Waals surface area (Å²) in [4.78, 5) is 13.5. The first-order chi connectivity index (χ1) is 7.70. The summed E-state index contributed by atoms with van der Waals surface area (Å²) in [5.41, 5.74) is 7.22. The summed E-state index contributed by atoms with van der Waals surface area (Å²) in [6.07, 6.45) is 0.879. The number of carbonyl (C=O) groups excluding carboxylic acids is 1. The van der Waals surface area contributed by atoms with Crippen LogP contribution in [-0.4, -0.2) is 26.2 Å². The number of rotatable bonds is 5. The number of amides is 1. The molecule has 0 fully saturated rings. The molecule has 0 heterocycles. The number of nitrogens with two attached hydrogens (primary N) is 1. The van der Waals surface area contributed by atoms with Crippen molar-refractivity contribution in [3.63, 3.8) is 0 Å². The third kappa shape index (κ3) is 2.97. The predicted molar refractivity (Wildman–Crippen MR) is 65.4 cm³/mol. The third-order valence-electron chi connectivity index (χ3n) is 2.24. The number of carbonyl (C=O) groups is 1. The summed E-state index contributed by atoms with van der Waals surface area (Å²) in [7, 11) is 1.51. The number of hydrogen-bond donors (Lipinski definition) is 1. The van der Waals surface area contributed by atoms with Gasteiger partial charge in [-0.2, -0.15) is 0 Å². The minimum absolute atomic E-state index is 0.0674. The zero-order valence-electron chi connectivity index (χ0n) is 9.77. The summed E-state index contributed by atoms with van der Waals surface area (Å²) in [5, 5.41) is 0. The minimum Gasteiger partial charge on any atom is -0.397 e. The number of ether oxygens (including phenoxy) is 1. The van der Waals surface area contributed by atoms with Crippen molar-refractivity contribution in [2.45, 2.75) is 13.3 Å². The van der Waals surface area contributed by atoms with E-state index in [1.54, 1.807) is 11.0 Å². The molecule has 0 aliphatic heterocycles. The van der Waals surface area contributed by atoms with Gasteiger partial charge in [0.1, 0.15) is 6.61 Å². The lowest BCUT2D eigenvalue weighted by Gasteiger charge is -2.23. The van der Waals surface area contributed by atoms with E-state index in [0.717, 1.165) is 12.1 Å². The Balaban J connectivity index is 2.93. The van der Waals surface area contributed by atoms with E-state index in [-0.39, 0.29) is 12.5 Å². The van der Waals surface area contributed by atoms with E-state index in [0.29, 0.717) is 12.2 Å². The van der Waals surface area contributed by atoms with Crippen molar-refractivity contribution < 1.29 is 9.53 Å². The number of hydrogen-bond acceptors (Lipinski definition) is 3. The second-order valence-corrected chi connectivity index (χ2v) is 3.54. The zero-order chi connectivity index (χ0) is 12.0. The van der Waals surface area contributed by atoms with E-state index >= 15 is 0 Å². The maximum Gasteiger partial charge on any atom is 0.253 e. The summed E-state index contributed by atoms with van der Waals surface area (Å²) >= 11 is 0. The number of nitrogens with zero attached hydrogens (tertiary/aromatic N) is 1. The van der Waals surface area contributed by atoms with Gasteiger partial charge in [-0.3, -0.25) is 4.79 Å². The van der Waals surface area contributed by atoms with Crippen LogP contribution in [0.1, 0.15) is 13.3 Å². The van der Waals surface area contributed by atoms with Crippen molar-refractivity contribution >= 4 is 17.3 Å². The van der Waals surface area contributed by atoms with Crippen molar-refractivity contribution in [2.24, 2.45) is 0 Å². The van der Waals surface area contributed by atoms with Crippen LogP contribution in [-0.2, 0) is 9.53 Å². The van der Waals surface area contributed by atoms with E-state index in [9.17, 15) is 4.79 Å². The van der Waals surface area contributed by atoms with Crippen LogP contribution in [0.2, 0.25) is 0 Å². The molecule has 0 atom stereocenters. The van der Waals surface area contributed by atoms with Crippen LogP contribution in [0.3, 0.4) is 0 Å². The lowest BCUT2D eigenvalue weighted by molar-refractivity contribution is -0.122. The van der Waals surface area contributed by atoms with Gasteiger partial charge in [-0.25, -0.2) is 0 Å². The van der Waals surface area contributed by atoms with Crippen molar-refractivity contribution in [1.29, 1.82) is 0 Å². The highest BCUT2D eigenvalue weighted by Crippen LogP contribution is 2.22. The molecule has 0 saturated carbocycles. The largest absolute Gasteiger partial charge is 0.397 e. The van der Waals surface area contributed by atoms with E-state index in [2.05, 4.69) is 0 Å². The highest BCUT2D eigenvalue weighted by molar-refractivity contribution is 5.97. The number of para-hydroxylation sites is 2. The van der Waals surface area contributed by atoms with Crippen LogP contribution in [0.25, 0.3) is 0 Å². The normalized spacial score (nSPS) is 10.1. The Kier molecular flexibility index (Phi) is 4.79. The molecule has 0 bridgehead atoms. The lowest BCUT2D eigenvalue weighted by atomic mass is 10.2. The highest BCUT2D eigenvalue weighted by Gasteiger charge is 2.16. The average Bonchev–Trinajstić information content (AvgIpc) is 2.27. The summed E-state index contributed by atoms with van der Waals surface area (Å²) < 4.78 is 4.86. The molecule has 88 valence electrons. The Bertz CT molecular complexity index is 353. The average molecular weight is 222 g/mol. The van der Waals surface area contributed by atoms with Gasteiger partial charge in [-0.15, -0.1) is 0 Å². The van der Waals surface area contributed by atoms with Crippen molar-refractivity contribution in [3.8, 4) is 0 Å². The molecule has 1 aromatic carbocycles. The minimum atomic E-state index is -0.0674. The Morgan fingerprint density at radius 3 is 2.69 bits per heavy atom. The lowest BCUT2D eigenvalue weighted by Crippen LogP contribution is -2.34. The highest BCUT2D eigenvalue weighted by atomic mass is 16.5. The van der Waals surface area contributed by atoms with Gasteiger partial charge in [0.15, 0.2) is 0 Å². The van der Waals surface area contributed by atoms with Gasteiger partial charge >= 0.3 is 0 Å². The smallest absolute Gasteiger partial charge is 0.253 e. The quantitative estimate of drug-likeness (QED) is 0.771. The number of anilines is 2. The van der Waals surface area contributed by atoms with E-state index < -0.39 is 0 Å². The monoisotopic (exact) mass is 222 g/mol. The predicted octanol–water partition coefficient (Wildman–Crippen LogP) is 1.66. The van der Waals surface area contributed by atoms with Crippen LogP contribution in [0.5, 0.6) is 0 Å². The van der Waals surface area contributed by atoms with E-state index in [1.807, 2.05) is 25.1 Å². The number of methoxy groups -OCH3 is 1. The molecule has 0 aromatic heterocycles. The molecular formula is C12H18N2O2. The van der Waals surface area contributed by atoms with Crippen LogP contribution in [0.4, 0.5) is 11.4 Å². The van der Waals surface area contributed by atoms with Crippen molar-refractivity contribution in [3.05, 3.63) is 24.3 Å². The standard InChI is InChI=1S/C12H18N2O2/c1-3-8-14(12(15)9-16-2)11-7-5-4-6-10(11)13/h4-7H,3,8-9,13H2,1-2H3. The van der Waals surface area contributed by atoms with Gasteiger partial charge in [0.05, 0.1) is 11.4 Å².